The van der Waals surface area contributed by atoms with E-state index in [1.54, 1.807) is 36.0 Å². The Balaban J connectivity index is 2.02. The van der Waals surface area contributed by atoms with Gasteiger partial charge in [0.25, 0.3) is 0 Å². The Hall–Kier alpha value is -2.03. The summed E-state index contributed by atoms with van der Waals surface area (Å²) in [4.78, 5) is 15.2. The van der Waals surface area contributed by atoms with Crippen LogP contribution >= 0.6 is 11.8 Å². The molecule has 170 valence electrons. The second-order valence-corrected chi connectivity index (χ2v) is 10.1. The summed E-state index contributed by atoms with van der Waals surface area (Å²) in [5.74, 6) is 0.379. The molecule has 2 aromatic rings. The van der Waals surface area contributed by atoms with Crippen molar-refractivity contribution < 1.29 is 13.2 Å². The van der Waals surface area contributed by atoms with Crippen LogP contribution in [0.4, 0.5) is 5.69 Å². The van der Waals surface area contributed by atoms with Crippen molar-refractivity contribution in [2.45, 2.75) is 38.1 Å². The summed E-state index contributed by atoms with van der Waals surface area (Å²) in [6, 6.07) is 13.9. The topological polar surface area (TPSA) is 78.5 Å². The summed E-state index contributed by atoms with van der Waals surface area (Å²) in [7, 11) is -3.78. The second-order valence-electron chi connectivity index (χ2n) is 7.43. The third-order valence-electron chi connectivity index (χ3n) is 5.07. The fourth-order valence-corrected chi connectivity index (χ4v) is 4.96. The number of anilines is 1. The van der Waals surface area contributed by atoms with Gasteiger partial charge in [-0.3, -0.25) is 4.79 Å². The molecule has 2 rings (SSSR count). The molecule has 1 unspecified atom stereocenters. The van der Waals surface area contributed by atoms with Gasteiger partial charge in [-0.1, -0.05) is 35.9 Å². The maximum atomic E-state index is 12.8. The van der Waals surface area contributed by atoms with Crippen molar-refractivity contribution in [3.63, 3.8) is 0 Å². The number of para-hydroxylation sites is 1. The van der Waals surface area contributed by atoms with Gasteiger partial charge in [0.15, 0.2) is 0 Å². The standard InChI is InChI=1S/C23H33N3O3S2/c1-5-26(22-9-7-6-8-19(22)3)16-15-24-23(27)21(14-17-30-4)25-31(28,29)20-12-10-18(2)11-13-20/h6-13,21,25H,5,14-17H2,1-4H3,(H,24,27). The molecule has 0 aliphatic carbocycles. The highest BCUT2D eigenvalue weighted by molar-refractivity contribution is 7.98. The molecule has 8 heteroatoms. The number of sulfonamides is 1. The predicted molar refractivity (Wildman–Crippen MR) is 130 cm³/mol. The maximum Gasteiger partial charge on any atom is 0.241 e. The van der Waals surface area contributed by atoms with Crippen molar-refractivity contribution in [2.24, 2.45) is 0 Å². The number of benzene rings is 2. The van der Waals surface area contributed by atoms with Crippen LogP contribution in [0, 0.1) is 13.8 Å². The summed E-state index contributed by atoms with van der Waals surface area (Å²) in [5, 5.41) is 2.91. The van der Waals surface area contributed by atoms with Gasteiger partial charge in [-0.2, -0.15) is 16.5 Å². The molecule has 1 atom stereocenters. The van der Waals surface area contributed by atoms with E-state index in [1.807, 2.05) is 25.3 Å². The summed E-state index contributed by atoms with van der Waals surface area (Å²) >= 11 is 1.58. The smallest absolute Gasteiger partial charge is 0.241 e. The molecule has 6 nitrogen and oxygen atoms in total. The molecule has 0 spiro atoms. The lowest BCUT2D eigenvalue weighted by Gasteiger charge is -2.25. The SMILES string of the molecule is CCN(CCNC(=O)C(CCSC)NS(=O)(=O)c1ccc(C)cc1)c1ccccc1C. The molecule has 31 heavy (non-hydrogen) atoms. The first-order valence-corrected chi connectivity index (χ1v) is 13.3. The summed E-state index contributed by atoms with van der Waals surface area (Å²) in [6.45, 7) is 7.93. The Morgan fingerprint density at radius 2 is 1.77 bits per heavy atom. The molecular formula is C23H33N3O3S2. The number of aryl methyl sites for hydroxylation is 2. The molecule has 0 aliphatic heterocycles. The first-order valence-electron chi connectivity index (χ1n) is 10.4. The van der Waals surface area contributed by atoms with Gasteiger partial charge in [-0.05, 0) is 63.0 Å². The highest BCUT2D eigenvalue weighted by atomic mass is 32.2. The monoisotopic (exact) mass is 463 g/mol. The molecule has 2 aromatic carbocycles. The molecule has 0 fully saturated rings. The molecule has 2 N–H and O–H groups in total. The lowest BCUT2D eigenvalue weighted by molar-refractivity contribution is -0.122. The number of likely N-dealkylation sites (N-methyl/N-ethyl adjacent to an activating group) is 1. The summed E-state index contributed by atoms with van der Waals surface area (Å²) in [6.07, 6.45) is 2.36. The zero-order valence-corrected chi connectivity index (χ0v) is 20.4. The van der Waals surface area contributed by atoms with Gasteiger partial charge in [-0.25, -0.2) is 8.42 Å². The minimum Gasteiger partial charge on any atom is -0.370 e. The average molecular weight is 464 g/mol. The largest absolute Gasteiger partial charge is 0.370 e. The summed E-state index contributed by atoms with van der Waals surface area (Å²) < 4.78 is 28.1. The van der Waals surface area contributed by atoms with Crippen LogP contribution in [0.5, 0.6) is 0 Å². The van der Waals surface area contributed by atoms with Crippen LogP contribution in [0.3, 0.4) is 0 Å². The van der Waals surface area contributed by atoms with E-state index in [4.69, 9.17) is 0 Å². The lowest BCUT2D eigenvalue weighted by atomic mass is 10.2. The third kappa shape index (κ3) is 7.55. The number of rotatable bonds is 12. The number of carbonyl (C=O) groups is 1. The van der Waals surface area contributed by atoms with E-state index < -0.39 is 16.1 Å². The van der Waals surface area contributed by atoms with Crippen molar-refractivity contribution in [1.82, 2.24) is 10.0 Å². The van der Waals surface area contributed by atoms with E-state index in [2.05, 4.69) is 40.9 Å². The van der Waals surface area contributed by atoms with Crippen LogP contribution < -0.4 is 14.9 Å². The molecule has 0 saturated heterocycles. The number of thioether (sulfide) groups is 1. The van der Waals surface area contributed by atoms with Crippen molar-refractivity contribution in [3.05, 3.63) is 59.7 Å². The summed E-state index contributed by atoms with van der Waals surface area (Å²) in [5.41, 5.74) is 3.29. The average Bonchev–Trinajstić information content (AvgIpc) is 2.75. The van der Waals surface area contributed by atoms with Gasteiger partial charge in [-0.15, -0.1) is 0 Å². The first kappa shape index (κ1) is 25.2. The number of nitrogens with zero attached hydrogens (tertiary/aromatic N) is 1. The van der Waals surface area contributed by atoms with Gasteiger partial charge in [0.2, 0.25) is 15.9 Å². The third-order valence-corrected chi connectivity index (χ3v) is 7.21. The molecule has 0 bridgehead atoms. The van der Waals surface area contributed by atoms with Crippen molar-refractivity contribution in [2.75, 3.05) is 36.5 Å². The molecule has 0 aliphatic rings. The van der Waals surface area contributed by atoms with Crippen LogP contribution in [0.25, 0.3) is 0 Å². The Labute approximate surface area is 190 Å². The van der Waals surface area contributed by atoms with E-state index in [0.717, 1.165) is 17.8 Å². The highest BCUT2D eigenvalue weighted by Gasteiger charge is 2.25. The molecule has 0 saturated carbocycles. The zero-order valence-electron chi connectivity index (χ0n) is 18.7. The van der Waals surface area contributed by atoms with Gasteiger partial charge >= 0.3 is 0 Å². The Kier molecular flexibility index (Phi) is 9.87. The predicted octanol–water partition coefficient (Wildman–Crippen LogP) is 3.35. The van der Waals surface area contributed by atoms with E-state index in [9.17, 15) is 13.2 Å². The van der Waals surface area contributed by atoms with Gasteiger partial charge < -0.3 is 10.2 Å². The van der Waals surface area contributed by atoms with E-state index in [0.29, 0.717) is 25.3 Å². The highest BCUT2D eigenvalue weighted by Crippen LogP contribution is 2.18. The van der Waals surface area contributed by atoms with Crippen molar-refractivity contribution in [3.8, 4) is 0 Å². The number of amides is 1. The number of hydrogen-bond donors (Lipinski definition) is 2. The first-order chi connectivity index (χ1) is 14.8. The van der Waals surface area contributed by atoms with Crippen molar-refractivity contribution >= 4 is 33.4 Å². The maximum absolute atomic E-state index is 12.8. The zero-order chi connectivity index (χ0) is 22.9. The fourth-order valence-electron chi connectivity index (χ4n) is 3.26. The Morgan fingerprint density at radius 1 is 1.10 bits per heavy atom. The second kappa shape index (κ2) is 12.1. The minimum absolute atomic E-state index is 0.164. The molecule has 0 aromatic heterocycles. The quantitative estimate of drug-likeness (QED) is 0.505. The minimum atomic E-state index is -3.78. The number of hydrogen-bond acceptors (Lipinski definition) is 5. The lowest BCUT2D eigenvalue weighted by Crippen LogP contribution is -2.48. The molecule has 1 amide bonds. The molecular weight excluding hydrogens is 430 g/mol. The normalized spacial score (nSPS) is 12.4. The van der Waals surface area contributed by atoms with Crippen LogP contribution in [0.2, 0.25) is 0 Å². The van der Waals surface area contributed by atoms with Crippen LogP contribution in [0.15, 0.2) is 53.4 Å². The van der Waals surface area contributed by atoms with E-state index >= 15 is 0 Å². The van der Waals surface area contributed by atoms with Crippen LogP contribution in [-0.4, -0.2) is 52.0 Å². The fraction of sp³-hybridized carbons (Fsp3) is 0.435. The van der Waals surface area contributed by atoms with Crippen LogP contribution in [-0.2, 0) is 14.8 Å². The number of nitrogens with one attached hydrogen (secondary N) is 2. The van der Waals surface area contributed by atoms with E-state index in [1.165, 1.54) is 5.56 Å². The number of carbonyl (C=O) groups excluding carboxylic acids is 1. The van der Waals surface area contributed by atoms with Crippen LogP contribution in [0.1, 0.15) is 24.5 Å². The van der Waals surface area contributed by atoms with Gasteiger partial charge in [0.05, 0.1) is 4.90 Å². The Morgan fingerprint density at radius 3 is 2.39 bits per heavy atom. The molecule has 0 heterocycles. The van der Waals surface area contributed by atoms with Gasteiger partial charge in [0, 0.05) is 25.3 Å². The molecule has 0 radical (unpaired) electrons. The van der Waals surface area contributed by atoms with Gasteiger partial charge in [0.1, 0.15) is 6.04 Å². The van der Waals surface area contributed by atoms with E-state index in [-0.39, 0.29) is 10.8 Å². The van der Waals surface area contributed by atoms with Crippen molar-refractivity contribution in [1.29, 1.82) is 0 Å². The Bertz CT molecular complexity index is 947.